The van der Waals surface area contributed by atoms with E-state index < -0.39 is 0 Å². The number of aromatic nitrogens is 2. The van der Waals surface area contributed by atoms with Crippen LogP contribution in [-0.2, 0) is 5.41 Å². The lowest BCUT2D eigenvalue weighted by molar-refractivity contribution is 0.292. The van der Waals surface area contributed by atoms with Crippen LogP contribution in [0.2, 0.25) is 0 Å². The fraction of sp³-hybridized carbons (Fsp3) is 0.395. The van der Waals surface area contributed by atoms with Gasteiger partial charge in [-0.25, -0.2) is 0 Å². The molecule has 2 saturated heterocycles. The summed E-state index contributed by atoms with van der Waals surface area (Å²) in [5.74, 6) is 2.46. The summed E-state index contributed by atoms with van der Waals surface area (Å²) in [4.78, 5) is 19.8. The van der Waals surface area contributed by atoms with Gasteiger partial charge in [-0.1, -0.05) is 86.0 Å². The first-order valence-electron chi connectivity index (χ1n) is 17.2. The van der Waals surface area contributed by atoms with Gasteiger partial charge in [0.05, 0.1) is 0 Å². The zero-order valence-corrected chi connectivity index (χ0v) is 28.0. The SMILES string of the molecule is S=C(NCC1(c2ccccc2)CCCCC1)Nc1nc(N2CCN(c3ccccc3)CC2)cc(N2CCN(c3ccccc3)CC2)n1. The maximum Gasteiger partial charge on any atom is 0.232 e. The third-order valence-electron chi connectivity index (χ3n) is 10.2. The molecule has 2 aliphatic heterocycles. The fourth-order valence-corrected chi connectivity index (χ4v) is 7.61. The second kappa shape index (κ2) is 14.6. The van der Waals surface area contributed by atoms with Crippen LogP contribution in [0.1, 0.15) is 37.7 Å². The minimum atomic E-state index is 0.0932. The van der Waals surface area contributed by atoms with Crippen molar-refractivity contribution < 1.29 is 0 Å². The minimum absolute atomic E-state index is 0.0932. The Balaban J connectivity index is 1.07. The van der Waals surface area contributed by atoms with Crippen LogP contribution >= 0.6 is 12.2 Å². The van der Waals surface area contributed by atoms with Gasteiger partial charge in [0.2, 0.25) is 5.95 Å². The Kier molecular flexibility index (Phi) is 9.70. The van der Waals surface area contributed by atoms with E-state index in [-0.39, 0.29) is 5.41 Å². The molecule has 3 fully saturated rings. The molecule has 1 aromatic heterocycles. The molecule has 3 aromatic carbocycles. The molecule has 4 aromatic rings. The van der Waals surface area contributed by atoms with Crippen molar-refractivity contribution in [2.75, 3.05) is 83.8 Å². The van der Waals surface area contributed by atoms with Crippen LogP contribution < -0.4 is 30.2 Å². The number of hydrogen-bond donors (Lipinski definition) is 2. The third kappa shape index (κ3) is 7.46. The summed E-state index contributed by atoms with van der Waals surface area (Å²) in [6, 6.07) is 34.5. The van der Waals surface area contributed by atoms with Gasteiger partial charge in [-0.2, -0.15) is 9.97 Å². The van der Waals surface area contributed by atoms with Crippen molar-refractivity contribution in [2.24, 2.45) is 0 Å². The second-order valence-corrected chi connectivity index (χ2v) is 13.5. The van der Waals surface area contributed by atoms with E-state index >= 15 is 0 Å². The number of para-hydroxylation sites is 2. The van der Waals surface area contributed by atoms with E-state index in [1.807, 2.05) is 0 Å². The van der Waals surface area contributed by atoms with Crippen molar-refractivity contribution >= 4 is 46.3 Å². The van der Waals surface area contributed by atoms with E-state index in [2.05, 4.69) is 127 Å². The van der Waals surface area contributed by atoms with Gasteiger partial charge < -0.3 is 30.2 Å². The van der Waals surface area contributed by atoms with Gasteiger partial charge in [-0.05, 0) is 54.9 Å². The molecule has 7 rings (SSSR count). The first-order chi connectivity index (χ1) is 23.1. The van der Waals surface area contributed by atoms with Crippen molar-refractivity contribution in [2.45, 2.75) is 37.5 Å². The molecule has 0 atom stereocenters. The van der Waals surface area contributed by atoms with E-state index in [0.29, 0.717) is 11.1 Å². The quantitative estimate of drug-likeness (QED) is 0.214. The highest BCUT2D eigenvalue weighted by Crippen LogP contribution is 2.39. The fourth-order valence-electron chi connectivity index (χ4n) is 7.45. The summed E-state index contributed by atoms with van der Waals surface area (Å²) in [5, 5.41) is 7.57. The highest BCUT2D eigenvalue weighted by Gasteiger charge is 2.34. The number of rotatable bonds is 8. The molecular weight excluding hydrogens is 601 g/mol. The Labute approximate surface area is 284 Å². The number of nitrogens with one attached hydrogen (secondary N) is 2. The Morgan fingerprint density at radius 2 is 1.04 bits per heavy atom. The molecule has 1 saturated carbocycles. The molecule has 1 aliphatic carbocycles. The van der Waals surface area contributed by atoms with Crippen molar-refractivity contribution in [3.8, 4) is 0 Å². The van der Waals surface area contributed by atoms with Crippen LogP contribution in [-0.4, -0.2) is 74.0 Å². The van der Waals surface area contributed by atoms with Crippen LogP contribution in [0.15, 0.2) is 97.1 Å². The first kappa shape index (κ1) is 31.2. The van der Waals surface area contributed by atoms with Gasteiger partial charge in [-0.3, -0.25) is 0 Å². The normalized spacial score (nSPS) is 18.1. The largest absolute Gasteiger partial charge is 0.368 e. The maximum atomic E-state index is 5.90. The first-order valence-corrected chi connectivity index (χ1v) is 17.7. The molecule has 8 nitrogen and oxygen atoms in total. The molecule has 0 unspecified atom stereocenters. The standard InChI is InChI=1S/C38H46N8S/c47-37(39-30-38(19-11-4-12-20-38)31-13-5-1-6-14-31)42-36-40-34(45-25-21-43(22-26-45)32-15-7-2-8-16-32)29-35(41-36)46-27-23-44(24-28-46)33-17-9-3-10-18-33/h1-3,5-10,13-18,29H,4,11-12,19-28,30H2,(H2,39,40,41,42,47). The number of nitrogens with zero attached hydrogens (tertiary/aromatic N) is 6. The van der Waals surface area contributed by atoms with Crippen molar-refractivity contribution in [1.82, 2.24) is 15.3 Å². The van der Waals surface area contributed by atoms with E-state index in [4.69, 9.17) is 22.2 Å². The van der Waals surface area contributed by atoms with Gasteiger partial charge >= 0.3 is 0 Å². The van der Waals surface area contributed by atoms with E-state index in [1.54, 1.807) is 0 Å². The smallest absolute Gasteiger partial charge is 0.232 e. The molecule has 9 heteroatoms. The lowest BCUT2D eigenvalue weighted by atomic mass is 9.69. The minimum Gasteiger partial charge on any atom is -0.368 e. The monoisotopic (exact) mass is 646 g/mol. The second-order valence-electron chi connectivity index (χ2n) is 13.0. The molecule has 3 heterocycles. The van der Waals surface area contributed by atoms with Crippen LogP contribution in [0.4, 0.5) is 29.0 Å². The molecule has 244 valence electrons. The average molecular weight is 647 g/mol. The molecule has 0 amide bonds. The molecule has 0 radical (unpaired) electrons. The summed E-state index contributed by atoms with van der Waals surface area (Å²) in [5.41, 5.74) is 4.05. The van der Waals surface area contributed by atoms with Gasteiger partial charge in [0.1, 0.15) is 11.6 Å². The Bertz CT molecular complexity index is 1500. The number of hydrogen-bond acceptors (Lipinski definition) is 7. The van der Waals surface area contributed by atoms with Crippen molar-refractivity contribution in [1.29, 1.82) is 0 Å². The molecule has 47 heavy (non-hydrogen) atoms. The molecule has 0 bridgehead atoms. The summed E-state index contributed by atoms with van der Waals surface area (Å²) >= 11 is 5.90. The topological polar surface area (TPSA) is 62.8 Å². The lowest BCUT2D eigenvalue weighted by Crippen LogP contribution is -2.48. The molecule has 3 aliphatic rings. The van der Waals surface area contributed by atoms with E-state index in [1.165, 1.54) is 49.0 Å². The molecule has 0 spiro atoms. The molecular formula is C38H46N8S. The maximum absolute atomic E-state index is 5.90. The van der Waals surface area contributed by atoms with Crippen molar-refractivity contribution in [3.63, 3.8) is 0 Å². The highest BCUT2D eigenvalue weighted by molar-refractivity contribution is 7.80. The van der Waals surface area contributed by atoms with Crippen LogP contribution in [0, 0.1) is 0 Å². The average Bonchev–Trinajstić information content (AvgIpc) is 3.15. The highest BCUT2D eigenvalue weighted by atomic mass is 32.1. The van der Waals surface area contributed by atoms with Gasteiger partial charge in [0.25, 0.3) is 0 Å². The zero-order valence-electron chi connectivity index (χ0n) is 27.2. The third-order valence-corrected chi connectivity index (χ3v) is 10.4. The predicted octanol–water partition coefficient (Wildman–Crippen LogP) is 6.32. The van der Waals surface area contributed by atoms with E-state index in [9.17, 15) is 0 Å². The van der Waals surface area contributed by atoms with Gasteiger partial charge in [0, 0.05) is 81.8 Å². The van der Waals surface area contributed by atoms with Crippen LogP contribution in [0.3, 0.4) is 0 Å². The van der Waals surface area contributed by atoms with Crippen LogP contribution in [0.25, 0.3) is 0 Å². The zero-order chi connectivity index (χ0) is 31.9. The van der Waals surface area contributed by atoms with Gasteiger partial charge in [0.15, 0.2) is 5.11 Å². The van der Waals surface area contributed by atoms with Crippen molar-refractivity contribution in [3.05, 3.63) is 103 Å². The van der Waals surface area contributed by atoms with Gasteiger partial charge in [-0.15, -0.1) is 0 Å². The summed E-state index contributed by atoms with van der Waals surface area (Å²) in [6.07, 6.45) is 6.15. The molecule has 2 N–H and O–H groups in total. The Morgan fingerprint density at radius 3 is 1.53 bits per heavy atom. The lowest BCUT2D eigenvalue weighted by Gasteiger charge is -2.39. The summed E-state index contributed by atoms with van der Waals surface area (Å²) in [6.45, 7) is 8.19. The number of benzene rings is 3. The predicted molar refractivity (Wildman–Crippen MR) is 199 cm³/mol. The summed E-state index contributed by atoms with van der Waals surface area (Å²) < 4.78 is 0. The number of thiocarbonyl (C=S) groups is 1. The Morgan fingerprint density at radius 1 is 0.596 bits per heavy atom. The summed E-state index contributed by atoms with van der Waals surface area (Å²) in [7, 11) is 0. The van der Waals surface area contributed by atoms with E-state index in [0.717, 1.165) is 70.5 Å². The van der Waals surface area contributed by atoms with Crippen LogP contribution in [0.5, 0.6) is 0 Å². The number of piperazine rings is 2. The number of anilines is 5. The Hall–Kier alpha value is -4.37.